The summed E-state index contributed by atoms with van der Waals surface area (Å²) in [6, 6.07) is -0.213. The quantitative estimate of drug-likeness (QED) is 0.281. The maximum Gasteiger partial charge on any atom is 0.316 e. The van der Waals surface area contributed by atoms with Crippen molar-refractivity contribution in [3.8, 4) is 0 Å². The summed E-state index contributed by atoms with van der Waals surface area (Å²) in [5.41, 5.74) is 0. The van der Waals surface area contributed by atoms with Gasteiger partial charge < -0.3 is 10.6 Å². The van der Waals surface area contributed by atoms with Crippen LogP contribution in [0.5, 0.6) is 0 Å². The number of carbonyl (C=O) groups is 1. The molecular weight excluding hydrogens is 144 g/mol. The van der Waals surface area contributed by atoms with Crippen LogP contribution in [0.15, 0.2) is 0 Å². The molecule has 1 fully saturated rings. The Balaban J connectivity index is 2.56. The van der Waals surface area contributed by atoms with Gasteiger partial charge in [0.05, 0.1) is 6.54 Å². The zero-order valence-corrected chi connectivity index (χ0v) is 5.80. The van der Waals surface area contributed by atoms with Crippen LogP contribution in [0.25, 0.3) is 0 Å². The molecule has 5 heteroatoms. The first-order valence-electron chi connectivity index (χ1n) is 2.11. The van der Waals surface area contributed by atoms with E-state index in [2.05, 4.69) is 35.9 Å². The Kier molecular flexibility index (Phi) is 1.32. The number of amides is 2. The molecule has 0 unspecified atom stereocenters. The van der Waals surface area contributed by atoms with E-state index in [1.165, 1.54) is 0 Å². The molecule has 0 radical (unpaired) electrons. The number of nitrogens with one attached hydrogen (secondary N) is 2. The Hall–Kier alpha value is -0.0300. The summed E-state index contributed by atoms with van der Waals surface area (Å²) in [6.45, 7) is 0.456. The van der Waals surface area contributed by atoms with Gasteiger partial charge in [0.15, 0.2) is 0 Å². The highest BCUT2D eigenvalue weighted by Gasteiger charge is 2.29. The molecule has 0 aromatic carbocycles. The first-order chi connectivity index (χ1) is 3.60. The van der Waals surface area contributed by atoms with E-state index in [0.29, 0.717) is 6.54 Å². The molecule has 0 aromatic rings. The normalized spacial score (nSPS) is 24.5. The summed E-state index contributed by atoms with van der Waals surface area (Å²) >= 11 is 7.96. The van der Waals surface area contributed by atoms with Gasteiger partial charge in [0.1, 0.15) is 4.20 Å². The number of carbonyl (C=O) groups excluding carboxylic acids is 1. The molecule has 0 bridgehead atoms. The third kappa shape index (κ3) is 1.23. The number of urea groups is 1. The van der Waals surface area contributed by atoms with Gasteiger partial charge in [-0.05, 0) is 0 Å². The second kappa shape index (κ2) is 1.73. The number of rotatable bonds is 0. The van der Waals surface area contributed by atoms with Crippen molar-refractivity contribution in [2.75, 3.05) is 6.54 Å². The van der Waals surface area contributed by atoms with E-state index in [1.54, 1.807) is 0 Å². The molecule has 1 saturated heterocycles. The van der Waals surface area contributed by atoms with Crippen molar-refractivity contribution >= 4 is 31.3 Å². The topological polar surface area (TPSA) is 41.1 Å². The highest BCUT2D eigenvalue weighted by atomic mass is 32.2. The van der Waals surface area contributed by atoms with Crippen LogP contribution >= 0.6 is 25.3 Å². The van der Waals surface area contributed by atoms with Gasteiger partial charge in [0, 0.05) is 0 Å². The van der Waals surface area contributed by atoms with Gasteiger partial charge >= 0.3 is 6.03 Å². The van der Waals surface area contributed by atoms with Gasteiger partial charge in [0.2, 0.25) is 0 Å². The number of hydrogen-bond acceptors (Lipinski definition) is 3. The molecule has 1 aliphatic rings. The van der Waals surface area contributed by atoms with Crippen LogP contribution in [0, 0.1) is 0 Å². The number of thiol groups is 2. The third-order valence-corrected chi connectivity index (χ3v) is 1.35. The Labute approximate surface area is 58.0 Å². The predicted octanol–water partition coefficient (Wildman–Crippen LogP) is -0.187. The minimum Gasteiger partial charge on any atom is -0.334 e. The molecule has 8 heavy (non-hydrogen) atoms. The van der Waals surface area contributed by atoms with E-state index in [9.17, 15) is 4.79 Å². The average Bonchev–Trinajstić information content (AvgIpc) is 1.82. The predicted molar refractivity (Wildman–Crippen MR) is 37.2 cm³/mol. The van der Waals surface area contributed by atoms with E-state index in [1.807, 2.05) is 0 Å². The Morgan fingerprint density at radius 2 is 2.25 bits per heavy atom. The first kappa shape index (κ1) is 6.10. The lowest BCUT2D eigenvalue weighted by Crippen LogP contribution is -2.31. The summed E-state index contributed by atoms with van der Waals surface area (Å²) in [6.07, 6.45) is 0. The molecular formula is C3H6N2OS2. The fourth-order valence-electron chi connectivity index (χ4n) is 0.474. The van der Waals surface area contributed by atoms with E-state index in [0.717, 1.165) is 0 Å². The van der Waals surface area contributed by atoms with Gasteiger partial charge in [-0.25, -0.2) is 4.79 Å². The molecule has 0 atom stereocenters. The fourth-order valence-corrected chi connectivity index (χ4v) is 0.835. The van der Waals surface area contributed by atoms with Crippen LogP contribution < -0.4 is 10.6 Å². The van der Waals surface area contributed by atoms with Crippen LogP contribution in [-0.4, -0.2) is 16.8 Å². The molecule has 0 aliphatic carbocycles. The Bertz CT molecular complexity index is 124. The SMILES string of the molecule is O=C1NCC(S)(S)N1. The maximum atomic E-state index is 10.3. The maximum absolute atomic E-state index is 10.3. The van der Waals surface area contributed by atoms with Crippen molar-refractivity contribution in [2.24, 2.45) is 0 Å². The van der Waals surface area contributed by atoms with Crippen LogP contribution in [0.1, 0.15) is 0 Å². The fraction of sp³-hybridized carbons (Fsp3) is 0.667. The number of hydrogen-bond donors (Lipinski definition) is 4. The lowest BCUT2D eigenvalue weighted by Gasteiger charge is -2.10. The van der Waals surface area contributed by atoms with E-state index >= 15 is 0 Å². The lowest BCUT2D eigenvalue weighted by atomic mass is 10.7. The summed E-state index contributed by atoms with van der Waals surface area (Å²) < 4.78 is -0.656. The largest absolute Gasteiger partial charge is 0.334 e. The molecule has 0 saturated carbocycles. The summed E-state index contributed by atoms with van der Waals surface area (Å²) in [4.78, 5) is 10.3. The van der Waals surface area contributed by atoms with Crippen molar-refractivity contribution in [1.82, 2.24) is 10.6 Å². The van der Waals surface area contributed by atoms with Gasteiger partial charge in [-0.2, -0.15) is 0 Å². The van der Waals surface area contributed by atoms with Crippen molar-refractivity contribution in [1.29, 1.82) is 0 Å². The van der Waals surface area contributed by atoms with Gasteiger partial charge in [-0.15, -0.1) is 25.3 Å². The van der Waals surface area contributed by atoms with Crippen LogP contribution in [0.2, 0.25) is 0 Å². The van der Waals surface area contributed by atoms with E-state index < -0.39 is 4.20 Å². The van der Waals surface area contributed by atoms with Crippen molar-refractivity contribution in [2.45, 2.75) is 4.20 Å². The Morgan fingerprint density at radius 3 is 2.38 bits per heavy atom. The summed E-state index contributed by atoms with van der Waals surface area (Å²) in [5.74, 6) is 0. The first-order valence-corrected chi connectivity index (χ1v) is 3.00. The molecule has 46 valence electrons. The van der Waals surface area contributed by atoms with Crippen molar-refractivity contribution < 1.29 is 4.79 Å². The van der Waals surface area contributed by atoms with Gasteiger partial charge in [0.25, 0.3) is 0 Å². The summed E-state index contributed by atoms with van der Waals surface area (Å²) in [7, 11) is 0. The van der Waals surface area contributed by atoms with Crippen molar-refractivity contribution in [3.05, 3.63) is 0 Å². The minimum atomic E-state index is -0.656. The van der Waals surface area contributed by atoms with Crippen LogP contribution in [0.4, 0.5) is 4.79 Å². The molecule has 3 nitrogen and oxygen atoms in total. The second-order valence-corrected chi connectivity index (χ2v) is 3.50. The highest BCUT2D eigenvalue weighted by molar-refractivity contribution is 8.00. The monoisotopic (exact) mass is 150 g/mol. The minimum absolute atomic E-state index is 0.213. The highest BCUT2D eigenvalue weighted by Crippen LogP contribution is 2.16. The molecule has 2 amide bonds. The van der Waals surface area contributed by atoms with E-state index in [4.69, 9.17) is 0 Å². The third-order valence-electron chi connectivity index (χ3n) is 0.809. The molecule has 2 N–H and O–H groups in total. The van der Waals surface area contributed by atoms with Crippen molar-refractivity contribution in [3.63, 3.8) is 0 Å². The van der Waals surface area contributed by atoms with Crippen LogP contribution in [0.3, 0.4) is 0 Å². The zero-order valence-electron chi connectivity index (χ0n) is 4.01. The Morgan fingerprint density at radius 1 is 1.62 bits per heavy atom. The average molecular weight is 150 g/mol. The standard InChI is InChI=1S/C3H6N2OS2/c6-2-4-1-3(7,8)5-2/h7-8H,1H2,(H2,4,5,6). The molecule has 0 aromatic heterocycles. The molecule has 1 heterocycles. The van der Waals surface area contributed by atoms with E-state index in [-0.39, 0.29) is 6.03 Å². The second-order valence-electron chi connectivity index (χ2n) is 1.62. The molecule has 1 rings (SSSR count). The molecule has 0 spiro atoms. The smallest absolute Gasteiger partial charge is 0.316 e. The van der Waals surface area contributed by atoms with Gasteiger partial charge in [-0.1, -0.05) is 0 Å². The summed E-state index contributed by atoms with van der Waals surface area (Å²) in [5, 5.41) is 4.98. The lowest BCUT2D eigenvalue weighted by molar-refractivity contribution is 0.248. The van der Waals surface area contributed by atoms with Crippen LogP contribution in [-0.2, 0) is 0 Å². The van der Waals surface area contributed by atoms with Gasteiger partial charge in [-0.3, -0.25) is 0 Å². The molecule has 1 aliphatic heterocycles. The zero-order chi connectivity index (χ0) is 6.20.